The molecule has 4 rings (SSSR count). The molecule has 35 heavy (non-hydrogen) atoms. The van der Waals surface area contributed by atoms with Crippen molar-refractivity contribution in [1.82, 2.24) is 9.80 Å². The first-order chi connectivity index (χ1) is 16.9. The number of carbonyl (C=O) groups excluding carboxylic acids is 2. The zero-order chi connectivity index (χ0) is 24.8. The van der Waals surface area contributed by atoms with Gasteiger partial charge in [-0.3, -0.25) is 9.59 Å². The third-order valence-electron chi connectivity index (χ3n) is 7.19. The van der Waals surface area contributed by atoms with Gasteiger partial charge in [-0.2, -0.15) is 0 Å². The van der Waals surface area contributed by atoms with Crippen LogP contribution in [-0.4, -0.2) is 63.9 Å². The Bertz CT molecular complexity index is 1060. The smallest absolute Gasteiger partial charge is 0.246 e. The van der Waals surface area contributed by atoms with Gasteiger partial charge in [0, 0.05) is 36.7 Å². The Morgan fingerprint density at radius 2 is 1.69 bits per heavy atom. The molecule has 0 aliphatic carbocycles. The van der Waals surface area contributed by atoms with Gasteiger partial charge in [-0.15, -0.1) is 0 Å². The molecule has 0 unspecified atom stereocenters. The van der Waals surface area contributed by atoms with E-state index in [9.17, 15) is 24.2 Å². The number of phenolic OH excluding ortho intramolecular Hbond substituents is 2. The molecule has 1 atom stereocenters. The molecular weight excluding hydrogens is 447 g/mol. The molecule has 2 aliphatic rings. The highest BCUT2D eigenvalue weighted by Gasteiger charge is 2.28. The van der Waals surface area contributed by atoms with Gasteiger partial charge in [0.25, 0.3) is 0 Å². The first-order valence-electron chi connectivity index (χ1n) is 12.4. The molecule has 0 radical (unpaired) electrons. The normalized spacial score (nSPS) is 19.8. The van der Waals surface area contributed by atoms with Crippen LogP contribution < -0.4 is 0 Å². The van der Waals surface area contributed by atoms with Crippen molar-refractivity contribution in [2.45, 2.75) is 44.6 Å². The van der Waals surface area contributed by atoms with Gasteiger partial charge in [0.05, 0.1) is 0 Å². The number of rotatable bonds is 7. The Morgan fingerprint density at radius 3 is 2.40 bits per heavy atom. The molecule has 2 heterocycles. The van der Waals surface area contributed by atoms with Crippen LogP contribution in [0.15, 0.2) is 48.5 Å². The van der Waals surface area contributed by atoms with Gasteiger partial charge in [-0.1, -0.05) is 6.07 Å². The zero-order valence-corrected chi connectivity index (χ0v) is 19.9. The molecule has 7 heteroatoms. The molecule has 2 N–H and O–H groups in total. The number of amides is 1. The summed E-state index contributed by atoms with van der Waals surface area (Å²) in [4.78, 5) is 30.0. The molecule has 2 aromatic rings. The third-order valence-corrected chi connectivity index (χ3v) is 7.19. The number of halogens is 1. The molecule has 1 amide bonds. The fourth-order valence-corrected chi connectivity index (χ4v) is 5.10. The number of piperidine rings is 2. The second-order valence-electron chi connectivity index (χ2n) is 9.54. The summed E-state index contributed by atoms with van der Waals surface area (Å²) < 4.78 is 13.1. The fourth-order valence-electron chi connectivity index (χ4n) is 5.10. The van der Waals surface area contributed by atoms with Crippen LogP contribution in [0.25, 0.3) is 6.08 Å². The minimum atomic E-state index is -0.332. The summed E-state index contributed by atoms with van der Waals surface area (Å²) in [7, 11) is 0. The summed E-state index contributed by atoms with van der Waals surface area (Å²) in [5, 5.41) is 19.1. The number of ketones is 1. The van der Waals surface area contributed by atoms with E-state index in [0.717, 1.165) is 64.7 Å². The van der Waals surface area contributed by atoms with Crippen LogP contribution >= 0.6 is 0 Å². The Balaban J connectivity index is 1.27. The Hall–Kier alpha value is -3.19. The largest absolute Gasteiger partial charge is 0.504 e. The van der Waals surface area contributed by atoms with Gasteiger partial charge < -0.3 is 20.0 Å². The molecule has 2 aliphatic heterocycles. The summed E-state index contributed by atoms with van der Waals surface area (Å²) in [6, 6.07) is 10.5. The van der Waals surface area contributed by atoms with Crippen molar-refractivity contribution < 1.29 is 24.2 Å². The van der Waals surface area contributed by atoms with Crippen LogP contribution in [0, 0.1) is 11.7 Å². The number of likely N-dealkylation sites (tertiary alicyclic amines) is 2. The van der Waals surface area contributed by atoms with Crippen molar-refractivity contribution in [3.63, 3.8) is 0 Å². The number of hydrogen-bond acceptors (Lipinski definition) is 5. The van der Waals surface area contributed by atoms with Gasteiger partial charge >= 0.3 is 0 Å². The van der Waals surface area contributed by atoms with E-state index in [1.54, 1.807) is 24.3 Å². The molecule has 2 saturated heterocycles. The van der Waals surface area contributed by atoms with E-state index in [0.29, 0.717) is 11.1 Å². The van der Waals surface area contributed by atoms with Crippen LogP contribution in [0.1, 0.15) is 54.4 Å². The Kier molecular flexibility index (Phi) is 8.18. The average molecular weight is 481 g/mol. The molecule has 6 nitrogen and oxygen atoms in total. The Morgan fingerprint density at radius 1 is 0.943 bits per heavy atom. The van der Waals surface area contributed by atoms with Crippen molar-refractivity contribution in [1.29, 1.82) is 0 Å². The molecule has 0 bridgehead atoms. The van der Waals surface area contributed by atoms with Crippen LogP contribution in [0.2, 0.25) is 0 Å². The Labute approximate surface area is 205 Å². The second-order valence-corrected chi connectivity index (χ2v) is 9.54. The first-order valence-corrected chi connectivity index (χ1v) is 12.4. The lowest BCUT2D eigenvalue weighted by Gasteiger charge is -2.37. The van der Waals surface area contributed by atoms with Crippen LogP contribution in [-0.2, 0) is 4.79 Å². The van der Waals surface area contributed by atoms with Crippen molar-refractivity contribution in [3.8, 4) is 11.5 Å². The average Bonchev–Trinajstić information content (AvgIpc) is 2.88. The van der Waals surface area contributed by atoms with Crippen molar-refractivity contribution >= 4 is 17.8 Å². The van der Waals surface area contributed by atoms with Crippen LogP contribution in [0.3, 0.4) is 0 Å². The topological polar surface area (TPSA) is 81.1 Å². The predicted octanol–water partition coefficient (Wildman–Crippen LogP) is 4.62. The standard InChI is InChI=1S/C28H33FN2O4/c29-23-8-6-21(7-9-23)28(35)22-12-16-30(17-13-22)18-14-24-3-1-2-15-31(24)27(34)11-5-20-4-10-25(32)26(33)19-20/h4-11,19,22,24,32-33H,1-3,12-18H2/b11-5+/t24-/m0/s1. The minimum Gasteiger partial charge on any atom is -0.504 e. The van der Waals surface area contributed by atoms with Crippen molar-refractivity contribution in [2.24, 2.45) is 5.92 Å². The highest BCUT2D eigenvalue weighted by Crippen LogP contribution is 2.27. The molecule has 2 aromatic carbocycles. The molecule has 0 saturated carbocycles. The number of Topliss-reactive ketones (excluding diaryl/α,β-unsaturated/α-hetero) is 1. The molecular formula is C28H33FN2O4. The SMILES string of the molecule is O=C(c1ccc(F)cc1)C1CCN(CC[C@@H]2CCCCN2C(=O)/C=C/c2ccc(O)c(O)c2)CC1. The number of carbonyl (C=O) groups is 2. The second kappa shape index (κ2) is 11.5. The first kappa shape index (κ1) is 24.9. The summed E-state index contributed by atoms with van der Waals surface area (Å²) in [6.07, 6.45) is 8.78. The van der Waals surface area contributed by atoms with E-state index >= 15 is 0 Å². The monoisotopic (exact) mass is 480 g/mol. The summed E-state index contributed by atoms with van der Waals surface area (Å²) >= 11 is 0. The molecule has 186 valence electrons. The fraction of sp³-hybridized carbons (Fsp3) is 0.429. The van der Waals surface area contributed by atoms with Gasteiger partial charge in [0.2, 0.25) is 5.91 Å². The maximum atomic E-state index is 13.1. The van der Waals surface area contributed by atoms with Crippen LogP contribution in [0.4, 0.5) is 4.39 Å². The van der Waals surface area contributed by atoms with E-state index in [-0.39, 0.29) is 41.0 Å². The molecule has 2 fully saturated rings. The molecule has 0 aromatic heterocycles. The number of nitrogens with zero attached hydrogens (tertiary/aromatic N) is 2. The number of benzene rings is 2. The summed E-state index contributed by atoms with van der Waals surface area (Å²) in [5.41, 5.74) is 1.23. The lowest BCUT2D eigenvalue weighted by atomic mass is 9.88. The number of aromatic hydroxyl groups is 2. The highest BCUT2D eigenvalue weighted by molar-refractivity contribution is 5.97. The predicted molar refractivity (Wildman–Crippen MR) is 133 cm³/mol. The third kappa shape index (κ3) is 6.48. The van der Waals surface area contributed by atoms with Crippen molar-refractivity contribution in [2.75, 3.05) is 26.2 Å². The zero-order valence-electron chi connectivity index (χ0n) is 19.9. The maximum Gasteiger partial charge on any atom is 0.246 e. The van der Waals surface area contributed by atoms with Crippen molar-refractivity contribution in [3.05, 3.63) is 65.5 Å². The van der Waals surface area contributed by atoms with Gasteiger partial charge in [0.1, 0.15) is 5.82 Å². The van der Waals surface area contributed by atoms with Gasteiger partial charge in [0.15, 0.2) is 17.3 Å². The highest BCUT2D eigenvalue weighted by atomic mass is 19.1. The number of phenols is 2. The molecule has 0 spiro atoms. The summed E-state index contributed by atoms with van der Waals surface area (Å²) in [5.74, 6) is -0.684. The minimum absolute atomic E-state index is 0.0195. The lowest BCUT2D eigenvalue weighted by molar-refractivity contribution is -0.129. The number of hydrogen-bond donors (Lipinski definition) is 2. The van der Waals surface area contributed by atoms with E-state index < -0.39 is 0 Å². The maximum absolute atomic E-state index is 13.1. The van der Waals surface area contributed by atoms with E-state index in [2.05, 4.69) is 4.90 Å². The van der Waals surface area contributed by atoms with E-state index in [4.69, 9.17) is 0 Å². The summed E-state index contributed by atoms with van der Waals surface area (Å²) in [6.45, 7) is 3.33. The van der Waals surface area contributed by atoms with E-state index in [1.165, 1.54) is 30.3 Å². The van der Waals surface area contributed by atoms with Gasteiger partial charge in [-0.05, 0) is 99.7 Å². The van der Waals surface area contributed by atoms with Crippen LogP contribution in [0.5, 0.6) is 11.5 Å². The van der Waals surface area contributed by atoms with Gasteiger partial charge in [-0.25, -0.2) is 4.39 Å². The quantitative estimate of drug-likeness (QED) is 0.344. The lowest BCUT2D eigenvalue weighted by Crippen LogP contribution is -2.45. The van der Waals surface area contributed by atoms with E-state index in [1.807, 2.05) is 4.90 Å².